The van der Waals surface area contributed by atoms with E-state index < -0.39 is 0 Å². The summed E-state index contributed by atoms with van der Waals surface area (Å²) in [6, 6.07) is 8.78. The zero-order valence-corrected chi connectivity index (χ0v) is 13.9. The van der Waals surface area contributed by atoms with E-state index in [-0.39, 0.29) is 0 Å². The van der Waals surface area contributed by atoms with Crippen LogP contribution in [0.1, 0.15) is 16.7 Å². The molecule has 0 amide bonds. The van der Waals surface area contributed by atoms with E-state index in [1.807, 2.05) is 0 Å². The third kappa shape index (κ3) is 1.51. The molecule has 2 heterocycles. The molecule has 0 fully saturated rings. The van der Waals surface area contributed by atoms with Crippen LogP contribution in [0.3, 0.4) is 0 Å². The first-order valence-electron chi connectivity index (χ1n) is 7.89. The molecular formula is C19H21BN2. The summed E-state index contributed by atoms with van der Waals surface area (Å²) in [5, 5.41) is 0. The van der Waals surface area contributed by atoms with Crippen molar-refractivity contribution in [3.63, 3.8) is 0 Å². The Morgan fingerprint density at radius 2 is 1.64 bits per heavy atom. The molecule has 0 bridgehead atoms. The maximum atomic E-state index is 2.40. The number of hydrogen-bond acceptors (Lipinski definition) is 2. The van der Waals surface area contributed by atoms with Crippen molar-refractivity contribution in [3.8, 4) is 11.1 Å². The van der Waals surface area contributed by atoms with Crippen LogP contribution in [-0.4, -0.2) is 20.9 Å². The molecule has 0 spiro atoms. The minimum absolute atomic E-state index is 0.328. The Morgan fingerprint density at radius 3 is 2.41 bits per heavy atom. The van der Waals surface area contributed by atoms with E-state index in [0.29, 0.717) is 6.85 Å². The standard InChI is InChI=1S/C19H21BN2/c1-12-13(2)17-15-8-6-7-9-16(15)22(5)20-10-11-21(4)19(14(12)3)18(17)20/h6-11H,1-5H3. The van der Waals surface area contributed by atoms with Gasteiger partial charge in [0.1, 0.15) is 0 Å². The average molecular weight is 288 g/mol. The Balaban J connectivity index is 2.19. The summed E-state index contributed by atoms with van der Waals surface area (Å²) >= 11 is 0. The van der Waals surface area contributed by atoms with Crippen LogP contribution in [-0.2, 0) is 0 Å². The second-order valence-corrected chi connectivity index (χ2v) is 6.54. The van der Waals surface area contributed by atoms with Crippen molar-refractivity contribution >= 4 is 23.7 Å². The van der Waals surface area contributed by atoms with Gasteiger partial charge < -0.3 is 9.71 Å². The average Bonchev–Trinajstić information content (AvgIpc) is 2.52. The molecule has 0 saturated heterocycles. The van der Waals surface area contributed by atoms with Crippen molar-refractivity contribution in [1.29, 1.82) is 0 Å². The lowest BCUT2D eigenvalue weighted by Gasteiger charge is -2.41. The first kappa shape index (κ1) is 13.5. The fraction of sp³-hybridized carbons (Fsp3) is 0.263. The van der Waals surface area contributed by atoms with E-state index >= 15 is 0 Å². The number of rotatable bonds is 0. The molecule has 0 unspecified atom stereocenters. The minimum atomic E-state index is 0.328. The van der Waals surface area contributed by atoms with Crippen molar-refractivity contribution < 1.29 is 0 Å². The Labute approximate surface area is 133 Å². The zero-order valence-electron chi connectivity index (χ0n) is 13.9. The second kappa shape index (κ2) is 4.42. The quantitative estimate of drug-likeness (QED) is 0.685. The molecule has 2 aliphatic rings. The molecule has 110 valence electrons. The molecule has 2 aromatic rings. The molecule has 4 rings (SSSR count). The van der Waals surface area contributed by atoms with Crippen LogP contribution >= 0.6 is 0 Å². The third-order valence-electron chi connectivity index (χ3n) is 5.49. The monoisotopic (exact) mass is 288 g/mol. The topological polar surface area (TPSA) is 6.48 Å². The van der Waals surface area contributed by atoms with Gasteiger partial charge in [-0.15, -0.1) is 0 Å². The van der Waals surface area contributed by atoms with Gasteiger partial charge in [0.2, 0.25) is 0 Å². The maximum absolute atomic E-state index is 2.40. The summed E-state index contributed by atoms with van der Waals surface area (Å²) in [6.45, 7) is 7.11. The van der Waals surface area contributed by atoms with Gasteiger partial charge in [-0.25, -0.2) is 0 Å². The van der Waals surface area contributed by atoms with Gasteiger partial charge in [0.25, 0.3) is 0 Å². The first-order valence-corrected chi connectivity index (χ1v) is 7.89. The second-order valence-electron chi connectivity index (χ2n) is 6.54. The van der Waals surface area contributed by atoms with Crippen LogP contribution in [0.15, 0.2) is 36.4 Å². The van der Waals surface area contributed by atoms with Gasteiger partial charge in [-0.1, -0.05) is 24.2 Å². The normalized spacial score (nSPS) is 15.0. The molecule has 2 aromatic carbocycles. The third-order valence-corrected chi connectivity index (χ3v) is 5.49. The molecule has 0 N–H and O–H groups in total. The van der Waals surface area contributed by atoms with Crippen LogP contribution in [0.5, 0.6) is 0 Å². The first-order chi connectivity index (χ1) is 10.5. The largest absolute Gasteiger partial charge is 0.409 e. The minimum Gasteiger partial charge on any atom is -0.409 e. The molecule has 2 aliphatic heterocycles. The fourth-order valence-corrected chi connectivity index (χ4v) is 4.10. The number of para-hydroxylation sites is 1. The number of fused-ring (bicyclic) bond motifs is 2. The SMILES string of the molecule is Cc1c(C)c2c3c(c1C)N(C)C=CB3N(C)c1ccccc1-2. The van der Waals surface area contributed by atoms with Crippen LogP contribution in [0.25, 0.3) is 11.1 Å². The van der Waals surface area contributed by atoms with Crippen LogP contribution in [0, 0.1) is 20.8 Å². The van der Waals surface area contributed by atoms with E-state index in [1.54, 1.807) is 0 Å². The number of nitrogens with zero attached hydrogens (tertiary/aromatic N) is 2. The van der Waals surface area contributed by atoms with Crippen molar-refractivity contribution in [1.82, 2.24) is 0 Å². The predicted octanol–water partition coefficient (Wildman–Crippen LogP) is 3.43. The summed E-state index contributed by atoms with van der Waals surface area (Å²) < 4.78 is 0. The number of hydrogen-bond donors (Lipinski definition) is 0. The van der Waals surface area contributed by atoms with Crippen LogP contribution in [0.2, 0.25) is 0 Å². The van der Waals surface area contributed by atoms with Gasteiger partial charge in [0.15, 0.2) is 0 Å². The smallest absolute Gasteiger partial charge is 0.320 e. The molecule has 22 heavy (non-hydrogen) atoms. The van der Waals surface area contributed by atoms with Crippen molar-refractivity contribution in [2.24, 2.45) is 0 Å². The highest BCUT2D eigenvalue weighted by Gasteiger charge is 2.37. The summed E-state index contributed by atoms with van der Waals surface area (Å²) in [6.07, 6.45) is 2.21. The highest BCUT2D eigenvalue weighted by atomic mass is 15.1. The summed E-state index contributed by atoms with van der Waals surface area (Å²) in [5.41, 5.74) is 11.2. The van der Waals surface area contributed by atoms with E-state index in [9.17, 15) is 0 Å². The van der Waals surface area contributed by atoms with Crippen molar-refractivity contribution in [2.75, 3.05) is 23.8 Å². The van der Waals surface area contributed by atoms with Gasteiger partial charge in [-0.2, -0.15) is 0 Å². The zero-order chi connectivity index (χ0) is 15.6. The Bertz CT molecular complexity index is 823. The van der Waals surface area contributed by atoms with E-state index in [1.165, 1.54) is 44.7 Å². The molecule has 3 heteroatoms. The number of benzene rings is 2. The van der Waals surface area contributed by atoms with E-state index in [4.69, 9.17) is 0 Å². The van der Waals surface area contributed by atoms with Crippen molar-refractivity contribution in [2.45, 2.75) is 20.8 Å². The molecule has 0 saturated carbocycles. The van der Waals surface area contributed by atoms with E-state index in [2.05, 4.69) is 81.0 Å². The highest BCUT2D eigenvalue weighted by Crippen LogP contribution is 2.42. The highest BCUT2D eigenvalue weighted by molar-refractivity contribution is 6.85. The fourth-order valence-electron chi connectivity index (χ4n) is 4.10. The van der Waals surface area contributed by atoms with Gasteiger partial charge in [0.05, 0.1) is 0 Å². The lowest BCUT2D eigenvalue weighted by molar-refractivity contribution is 1.14. The summed E-state index contributed by atoms with van der Waals surface area (Å²) in [7, 11) is 4.36. The maximum Gasteiger partial charge on any atom is 0.320 e. The number of anilines is 2. The molecule has 0 radical (unpaired) electrons. The van der Waals surface area contributed by atoms with Crippen LogP contribution < -0.4 is 15.2 Å². The molecular weight excluding hydrogens is 267 g/mol. The Kier molecular flexibility index (Phi) is 2.71. The Hall–Kier alpha value is -2.16. The molecule has 0 aromatic heterocycles. The summed E-state index contributed by atoms with van der Waals surface area (Å²) in [4.78, 5) is 4.68. The molecule has 2 nitrogen and oxygen atoms in total. The lowest BCUT2D eigenvalue weighted by Crippen LogP contribution is -2.53. The molecule has 0 aliphatic carbocycles. The summed E-state index contributed by atoms with van der Waals surface area (Å²) in [5.74, 6) is 2.32. The van der Waals surface area contributed by atoms with Gasteiger partial charge in [-0.3, -0.25) is 0 Å². The predicted molar refractivity (Wildman–Crippen MR) is 97.4 cm³/mol. The lowest BCUT2D eigenvalue weighted by atomic mass is 9.48. The molecule has 0 atom stereocenters. The Morgan fingerprint density at radius 1 is 0.909 bits per heavy atom. The van der Waals surface area contributed by atoms with Gasteiger partial charge in [0, 0.05) is 24.0 Å². The van der Waals surface area contributed by atoms with Gasteiger partial charge in [-0.05, 0) is 67.8 Å². The van der Waals surface area contributed by atoms with Crippen LogP contribution in [0.4, 0.5) is 11.4 Å². The van der Waals surface area contributed by atoms with E-state index in [0.717, 1.165) is 0 Å². The van der Waals surface area contributed by atoms with Crippen molar-refractivity contribution in [3.05, 3.63) is 53.1 Å². The van der Waals surface area contributed by atoms with Gasteiger partial charge >= 0.3 is 6.85 Å².